The van der Waals surface area contributed by atoms with Gasteiger partial charge in [-0.15, -0.1) is 0 Å². The zero-order chi connectivity index (χ0) is 15.4. The number of carbonyl (C=O) groups is 1. The molecule has 0 saturated heterocycles. The molecule has 5 heteroatoms. The summed E-state index contributed by atoms with van der Waals surface area (Å²) in [6, 6.07) is 12.4. The average Bonchev–Trinajstić information content (AvgIpc) is 2.47. The van der Waals surface area contributed by atoms with Gasteiger partial charge in [0.15, 0.2) is 0 Å². The van der Waals surface area contributed by atoms with Gasteiger partial charge in [-0.05, 0) is 36.2 Å². The Bertz CT molecular complexity index is 618. The summed E-state index contributed by atoms with van der Waals surface area (Å²) in [5.74, 6) is -0.933. The fourth-order valence-electron chi connectivity index (χ4n) is 2.15. The van der Waals surface area contributed by atoms with Crippen molar-refractivity contribution >= 4 is 40.8 Å². The predicted molar refractivity (Wildman–Crippen MR) is 86.4 cm³/mol. The Morgan fingerprint density at radius 2 is 1.62 bits per heavy atom. The molecule has 0 aromatic heterocycles. The summed E-state index contributed by atoms with van der Waals surface area (Å²) in [7, 11) is 1.35. The van der Waals surface area contributed by atoms with Crippen LogP contribution in [0.2, 0.25) is 15.1 Å². The second kappa shape index (κ2) is 7.17. The first-order valence-corrected chi connectivity index (χ1v) is 7.42. The van der Waals surface area contributed by atoms with Gasteiger partial charge >= 0.3 is 5.97 Å². The summed E-state index contributed by atoms with van der Waals surface area (Å²) >= 11 is 18.3. The second-order valence-electron chi connectivity index (χ2n) is 4.54. The molecule has 0 bridgehead atoms. The van der Waals surface area contributed by atoms with Gasteiger partial charge in [0.2, 0.25) is 0 Å². The highest BCUT2D eigenvalue weighted by Crippen LogP contribution is 2.34. The first kappa shape index (κ1) is 16.2. The minimum Gasteiger partial charge on any atom is -0.469 e. The number of hydrogen-bond acceptors (Lipinski definition) is 2. The predicted octanol–water partition coefficient (Wildman–Crippen LogP) is 5.15. The Morgan fingerprint density at radius 3 is 2.14 bits per heavy atom. The highest BCUT2D eigenvalue weighted by Gasteiger charge is 2.26. The van der Waals surface area contributed by atoms with Crippen molar-refractivity contribution in [1.82, 2.24) is 0 Å². The molecule has 0 spiro atoms. The lowest BCUT2D eigenvalue weighted by Gasteiger charge is -2.18. The van der Waals surface area contributed by atoms with E-state index in [1.165, 1.54) is 7.11 Å². The van der Waals surface area contributed by atoms with Crippen molar-refractivity contribution in [3.8, 4) is 0 Å². The maximum Gasteiger partial charge on any atom is 0.313 e. The molecule has 0 fully saturated rings. The molecule has 2 rings (SSSR count). The number of rotatable bonds is 4. The summed E-state index contributed by atoms with van der Waals surface area (Å²) in [6.07, 6.45) is 0.438. The SMILES string of the molecule is COC(=O)[C@H](Cc1ccc(Cl)cc1)c1c(Cl)cccc1Cl. The lowest BCUT2D eigenvalue weighted by molar-refractivity contribution is -0.142. The van der Waals surface area contributed by atoms with Gasteiger partial charge in [-0.25, -0.2) is 0 Å². The van der Waals surface area contributed by atoms with Crippen molar-refractivity contribution in [1.29, 1.82) is 0 Å². The molecule has 2 aromatic rings. The van der Waals surface area contributed by atoms with E-state index < -0.39 is 5.92 Å². The molecular formula is C16H13Cl3O2. The van der Waals surface area contributed by atoms with E-state index in [0.29, 0.717) is 27.1 Å². The fraction of sp³-hybridized carbons (Fsp3) is 0.188. The lowest BCUT2D eigenvalue weighted by atomic mass is 9.92. The number of benzene rings is 2. The third kappa shape index (κ3) is 3.91. The van der Waals surface area contributed by atoms with Gasteiger partial charge in [-0.1, -0.05) is 53.0 Å². The van der Waals surface area contributed by atoms with Crippen LogP contribution >= 0.6 is 34.8 Å². The van der Waals surface area contributed by atoms with Crippen molar-refractivity contribution in [2.75, 3.05) is 7.11 Å². The maximum atomic E-state index is 12.1. The van der Waals surface area contributed by atoms with Gasteiger partial charge in [-0.2, -0.15) is 0 Å². The summed E-state index contributed by atoms with van der Waals surface area (Å²) in [4.78, 5) is 12.1. The Kier molecular flexibility index (Phi) is 5.51. The molecule has 2 aromatic carbocycles. The first-order chi connectivity index (χ1) is 10.0. The third-order valence-corrected chi connectivity index (χ3v) is 4.10. The van der Waals surface area contributed by atoms with Crippen LogP contribution in [-0.4, -0.2) is 13.1 Å². The van der Waals surface area contributed by atoms with E-state index in [2.05, 4.69) is 0 Å². The molecule has 0 aliphatic heterocycles. The molecule has 0 unspecified atom stereocenters. The number of carbonyl (C=O) groups excluding carboxylic acids is 1. The van der Waals surface area contributed by atoms with E-state index in [0.717, 1.165) is 5.56 Å². The Hall–Kier alpha value is -1.22. The van der Waals surface area contributed by atoms with Crippen molar-refractivity contribution in [3.05, 3.63) is 68.7 Å². The second-order valence-corrected chi connectivity index (χ2v) is 5.79. The van der Waals surface area contributed by atoms with Gasteiger partial charge in [0.25, 0.3) is 0 Å². The van der Waals surface area contributed by atoms with E-state index >= 15 is 0 Å². The number of esters is 1. The molecular weight excluding hydrogens is 331 g/mol. The van der Waals surface area contributed by atoms with Crippen LogP contribution in [-0.2, 0) is 16.0 Å². The van der Waals surface area contributed by atoms with Crippen LogP contribution in [0.1, 0.15) is 17.0 Å². The van der Waals surface area contributed by atoms with Crippen molar-refractivity contribution < 1.29 is 9.53 Å². The van der Waals surface area contributed by atoms with Crippen molar-refractivity contribution in [2.45, 2.75) is 12.3 Å². The molecule has 0 aliphatic carbocycles. The van der Waals surface area contributed by atoms with E-state index in [1.807, 2.05) is 12.1 Å². The minimum absolute atomic E-state index is 0.375. The van der Waals surface area contributed by atoms with Gasteiger partial charge in [0.1, 0.15) is 0 Å². The normalized spacial score (nSPS) is 12.0. The Balaban J connectivity index is 2.39. The van der Waals surface area contributed by atoms with Crippen LogP contribution in [0.5, 0.6) is 0 Å². The topological polar surface area (TPSA) is 26.3 Å². The number of halogens is 3. The third-order valence-electron chi connectivity index (χ3n) is 3.19. The molecule has 2 nitrogen and oxygen atoms in total. The maximum absolute atomic E-state index is 12.1. The molecule has 0 heterocycles. The van der Waals surface area contributed by atoms with Crippen LogP contribution < -0.4 is 0 Å². The zero-order valence-electron chi connectivity index (χ0n) is 11.3. The van der Waals surface area contributed by atoms with Crippen LogP contribution in [0.25, 0.3) is 0 Å². The summed E-state index contributed by atoms with van der Waals surface area (Å²) < 4.78 is 4.89. The zero-order valence-corrected chi connectivity index (χ0v) is 13.5. The fourth-order valence-corrected chi connectivity index (χ4v) is 2.93. The van der Waals surface area contributed by atoms with Crippen molar-refractivity contribution in [2.24, 2.45) is 0 Å². The molecule has 1 atom stereocenters. The molecule has 0 radical (unpaired) electrons. The van der Waals surface area contributed by atoms with E-state index in [1.54, 1.807) is 30.3 Å². The Morgan fingerprint density at radius 1 is 1.05 bits per heavy atom. The first-order valence-electron chi connectivity index (χ1n) is 6.29. The monoisotopic (exact) mass is 342 g/mol. The van der Waals surface area contributed by atoms with Crippen molar-refractivity contribution in [3.63, 3.8) is 0 Å². The number of hydrogen-bond donors (Lipinski definition) is 0. The summed E-state index contributed by atoms with van der Waals surface area (Å²) in [5.41, 5.74) is 1.54. The van der Waals surface area contributed by atoms with Crippen LogP contribution in [0.15, 0.2) is 42.5 Å². The molecule has 110 valence electrons. The smallest absolute Gasteiger partial charge is 0.313 e. The molecule has 0 amide bonds. The highest BCUT2D eigenvalue weighted by atomic mass is 35.5. The van der Waals surface area contributed by atoms with Gasteiger partial charge < -0.3 is 4.74 Å². The quantitative estimate of drug-likeness (QED) is 0.718. The van der Waals surface area contributed by atoms with Gasteiger partial charge in [0.05, 0.1) is 13.0 Å². The van der Waals surface area contributed by atoms with Crippen LogP contribution in [0.3, 0.4) is 0 Å². The number of ether oxygens (including phenoxy) is 1. The Labute approximate surface area is 138 Å². The average molecular weight is 344 g/mol. The lowest BCUT2D eigenvalue weighted by Crippen LogP contribution is -2.17. The highest BCUT2D eigenvalue weighted by molar-refractivity contribution is 6.36. The summed E-state index contributed by atoms with van der Waals surface area (Å²) in [6.45, 7) is 0. The van der Waals surface area contributed by atoms with Gasteiger partial charge in [-0.3, -0.25) is 4.79 Å². The van der Waals surface area contributed by atoms with Crippen LogP contribution in [0.4, 0.5) is 0 Å². The van der Waals surface area contributed by atoms with Gasteiger partial charge in [0, 0.05) is 20.6 Å². The molecule has 21 heavy (non-hydrogen) atoms. The molecule has 0 saturated carbocycles. The summed E-state index contributed by atoms with van der Waals surface area (Å²) in [5, 5.41) is 1.54. The van der Waals surface area contributed by atoms with Crippen LogP contribution in [0, 0.1) is 0 Å². The number of methoxy groups -OCH3 is 1. The standard InChI is InChI=1S/C16H13Cl3O2/c1-21-16(20)12(9-10-5-7-11(17)8-6-10)15-13(18)3-2-4-14(15)19/h2-8,12H,9H2,1H3/t12-/m1/s1. The van der Waals surface area contributed by atoms with E-state index in [4.69, 9.17) is 39.5 Å². The largest absolute Gasteiger partial charge is 0.469 e. The molecule has 0 aliphatic rings. The van der Waals surface area contributed by atoms with E-state index in [-0.39, 0.29) is 5.97 Å². The minimum atomic E-state index is -0.558. The van der Waals surface area contributed by atoms with E-state index in [9.17, 15) is 4.79 Å². The molecule has 0 N–H and O–H groups in total.